The third-order valence-corrected chi connectivity index (χ3v) is 6.65. The Labute approximate surface area is 215 Å². The number of nitrogens with zero attached hydrogens (tertiary/aromatic N) is 4. The maximum Gasteiger partial charge on any atom is 0.272 e. The van der Waals surface area contributed by atoms with E-state index in [1.54, 1.807) is 44.0 Å². The van der Waals surface area contributed by atoms with E-state index >= 15 is 0 Å². The van der Waals surface area contributed by atoms with Crippen LogP contribution in [0.5, 0.6) is 23.0 Å². The maximum atomic E-state index is 13.4. The molecule has 9 heteroatoms. The minimum absolute atomic E-state index is 0.0929. The van der Waals surface area contributed by atoms with Crippen LogP contribution in [-0.4, -0.2) is 60.1 Å². The number of aromatic nitrogens is 3. The Kier molecular flexibility index (Phi) is 6.37. The van der Waals surface area contributed by atoms with Crippen LogP contribution in [0.2, 0.25) is 0 Å². The average molecular weight is 503 g/mol. The highest BCUT2D eigenvalue weighted by Gasteiger charge is 2.26. The molecule has 37 heavy (non-hydrogen) atoms. The van der Waals surface area contributed by atoms with Gasteiger partial charge in [-0.1, -0.05) is 0 Å². The van der Waals surface area contributed by atoms with Crippen molar-refractivity contribution < 1.29 is 23.7 Å². The first-order valence-corrected chi connectivity index (χ1v) is 12.0. The highest BCUT2D eigenvalue weighted by atomic mass is 16.5. The van der Waals surface area contributed by atoms with E-state index in [2.05, 4.69) is 5.10 Å². The molecule has 2 aromatic heterocycles. The number of fused-ring (bicyclic) bond motifs is 2. The van der Waals surface area contributed by atoms with Crippen molar-refractivity contribution >= 4 is 16.8 Å². The molecule has 0 fully saturated rings. The van der Waals surface area contributed by atoms with E-state index in [9.17, 15) is 4.79 Å². The Morgan fingerprint density at radius 1 is 0.946 bits per heavy atom. The number of carbonyl (C=O) groups is 1. The van der Waals surface area contributed by atoms with Gasteiger partial charge in [-0.2, -0.15) is 5.10 Å². The second-order valence-electron chi connectivity index (χ2n) is 9.09. The average Bonchev–Trinajstić information content (AvgIpc) is 3.09. The van der Waals surface area contributed by atoms with Crippen molar-refractivity contribution in [2.45, 2.75) is 20.4 Å². The summed E-state index contributed by atoms with van der Waals surface area (Å²) >= 11 is 0. The highest BCUT2D eigenvalue weighted by Crippen LogP contribution is 2.40. The fraction of sp³-hybridized carbons (Fsp3) is 0.321. The molecular weight excluding hydrogens is 472 g/mol. The summed E-state index contributed by atoms with van der Waals surface area (Å²) in [5, 5.41) is 5.31. The smallest absolute Gasteiger partial charge is 0.272 e. The number of benzene rings is 2. The first-order chi connectivity index (χ1) is 17.8. The van der Waals surface area contributed by atoms with Crippen LogP contribution < -0.4 is 18.9 Å². The number of hydrogen-bond acceptors (Lipinski definition) is 7. The summed E-state index contributed by atoms with van der Waals surface area (Å²) in [6.45, 7) is 5.10. The van der Waals surface area contributed by atoms with Gasteiger partial charge in [-0.15, -0.1) is 0 Å². The fourth-order valence-corrected chi connectivity index (χ4v) is 4.80. The summed E-state index contributed by atoms with van der Waals surface area (Å²) in [5.41, 5.74) is 5.68. The van der Waals surface area contributed by atoms with Crippen molar-refractivity contribution in [3.8, 4) is 34.3 Å². The van der Waals surface area contributed by atoms with E-state index in [0.717, 1.165) is 39.0 Å². The molecule has 0 radical (unpaired) electrons. The van der Waals surface area contributed by atoms with E-state index in [1.165, 1.54) is 0 Å². The maximum absolute atomic E-state index is 13.4. The van der Waals surface area contributed by atoms with Gasteiger partial charge in [0.2, 0.25) is 0 Å². The molecule has 0 aliphatic carbocycles. The number of amides is 1. The molecule has 3 heterocycles. The number of rotatable bonds is 5. The number of aryl methyl sites for hydroxylation is 3. The number of pyridine rings is 1. The van der Waals surface area contributed by atoms with Crippen LogP contribution >= 0.6 is 0 Å². The molecule has 0 unspecified atom stereocenters. The molecule has 4 aromatic rings. The largest absolute Gasteiger partial charge is 0.493 e. The third-order valence-electron chi connectivity index (χ3n) is 6.65. The molecule has 1 aliphatic rings. The Hall–Kier alpha value is -4.27. The number of hydrogen-bond donors (Lipinski definition) is 0. The van der Waals surface area contributed by atoms with Crippen LogP contribution in [0.3, 0.4) is 0 Å². The summed E-state index contributed by atoms with van der Waals surface area (Å²) in [6, 6.07) is 11.6. The monoisotopic (exact) mass is 502 g/mol. The minimum Gasteiger partial charge on any atom is -0.493 e. The van der Waals surface area contributed by atoms with Crippen LogP contribution in [0.4, 0.5) is 0 Å². The van der Waals surface area contributed by atoms with Gasteiger partial charge in [0.25, 0.3) is 5.91 Å². The zero-order valence-electron chi connectivity index (χ0n) is 21.9. The van der Waals surface area contributed by atoms with Gasteiger partial charge in [-0.3, -0.25) is 9.48 Å². The van der Waals surface area contributed by atoms with Crippen molar-refractivity contribution in [3.63, 3.8) is 0 Å². The van der Waals surface area contributed by atoms with Crippen molar-refractivity contribution in [1.82, 2.24) is 19.7 Å². The molecule has 0 saturated heterocycles. The molecule has 2 aromatic carbocycles. The molecule has 0 bridgehead atoms. The van der Waals surface area contributed by atoms with E-state index in [1.807, 2.05) is 44.2 Å². The lowest BCUT2D eigenvalue weighted by atomic mass is 10.0. The number of carbonyl (C=O) groups excluding carboxylic acids is 1. The quantitative estimate of drug-likeness (QED) is 0.402. The van der Waals surface area contributed by atoms with Crippen LogP contribution in [0.1, 0.15) is 27.3 Å². The standard InChI is InChI=1S/C28H30N4O5/c1-16-9-21(29-22-14-25(35-5)24(34-4)13-20(16)22)18-11-19-15-32(7-8-37-27(19)26(12-18)36-6)28(33)23-10-17(2)30-31(23)3/h9-14H,7-8,15H2,1-6H3. The van der Waals surface area contributed by atoms with Crippen LogP contribution in [-0.2, 0) is 13.6 Å². The summed E-state index contributed by atoms with van der Waals surface area (Å²) < 4.78 is 24.4. The van der Waals surface area contributed by atoms with E-state index in [-0.39, 0.29) is 5.91 Å². The van der Waals surface area contributed by atoms with Gasteiger partial charge < -0.3 is 23.8 Å². The lowest BCUT2D eigenvalue weighted by Crippen LogP contribution is -2.33. The minimum atomic E-state index is -0.0929. The Balaban J connectivity index is 1.58. The molecule has 0 spiro atoms. The van der Waals surface area contributed by atoms with E-state index in [4.69, 9.17) is 23.9 Å². The fourth-order valence-electron chi connectivity index (χ4n) is 4.80. The van der Waals surface area contributed by atoms with Crippen molar-refractivity contribution in [2.75, 3.05) is 34.5 Å². The second-order valence-corrected chi connectivity index (χ2v) is 9.09. The van der Waals surface area contributed by atoms with Gasteiger partial charge in [0.05, 0.1) is 44.8 Å². The van der Waals surface area contributed by atoms with Gasteiger partial charge in [-0.05, 0) is 49.7 Å². The molecule has 0 N–H and O–H groups in total. The predicted octanol–water partition coefficient (Wildman–Crippen LogP) is 4.31. The molecule has 9 nitrogen and oxygen atoms in total. The SMILES string of the molecule is COc1cc2nc(-c3cc4c(c(OC)c3)OCCN(C(=O)c3cc(C)nn3C)C4)cc(C)c2cc1OC. The highest BCUT2D eigenvalue weighted by molar-refractivity contribution is 5.93. The topological polar surface area (TPSA) is 87.9 Å². The Morgan fingerprint density at radius 3 is 2.35 bits per heavy atom. The van der Waals surface area contributed by atoms with Crippen LogP contribution in [0, 0.1) is 13.8 Å². The summed E-state index contributed by atoms with van der Waals surface area (Å²) in [4.78, 5) is 20.1. The first kappa shape index (κ1) is 24.4. The normalized spacial score (nSPS) is 13.1. The molecule has 5 rings (SSSR count). The molecule has 1 aliphatic heterocycles. The number of methoxy groups -OCH3 is 3. The Bertz CT molecular complexity index is 1510. The van der Waals surface area contributed by atoms with Gasteiger partial charge >= 0.3 is 0 Å². The third kappa shape index (κ3) is 4.41. The van der Waals surface area contributed by atoms with Gasteiger partial charge in [-0.25, -0.2) is 4.98 Å². The van der Waals surface area contributed by atoms with Crippen LogP contribution in [0.15, 0.2) is 36.4 Å². The van der Waals surface area contributed by atoms with Crippen molar-refractivity contribution in [2.24, 2.45) is 7.05 Å². The second kappa shape index (κ2) is 9.65. The predicted molar refractivity (Wildman–Crippen MR) is 140 cm³/mol. The zero-order chi connectivity index (χ0) is 26.3. The van der Waals surface area contributed by atoms with Gasteiger partial charge in [0.15, 0.2) is 23.0 Å². The first-order valence-electron chi connectivity index (χ1n) is 12.0. The van der Waals surface area contributed by atoms with E-state index in [0.29, 0.717) is 48.4 Å². The van der Waals surface area contributed by atoms with Crippen molar-refractivity contribution in [3.05, 3.63) is 58.9 Å². The molecular formula is C28H30N4O5. The van der Waals surface area contributed by atoms with E-state index < -0.39 is 0 Å². The van der Waals surface area contributed by atoms with Gasteiger partial charge in [0, 0.05) is 36.2 Å². The molecule has 0 saturated carbocycles. The lowest BCUT2D eigenvalue weighted by Gasteiger charge is -2.20. The Morgan fingerprint density at radius 2 is 1.68 bits per heavy atom. The summed E-state index contributed by atoms with van der Waals surface area (Å²) in [7, 11) is 6.62. The summed E-state index contributed by atoms with van der Waals surface area (Å²) in [6.07, 6.45) is 0. The van der Waals surface area contributed by atoms with Crippen LogP contribution in [0.25, 0.3) is 22.2 Å². The lowest BCUT2D eigenvalue weighted by molar-refractivity contribution is 0.0722. The van der Waals surface area contributed by atoms with Gasteiger partial charge in [0.1, 0.15) is 12.3 Å². The summed E-state index contributed by atoms with van der Waals surface area (Å²) in [5.74, 6) is 2.43. The molecule has 0 atom stereocenters. The molecule has 1 amide bonds. The number of ether oxygens (including phenoxy) is 4. The zero-order valence-corrected chi connectivity index (χ0v) is 21.9. The van der Waals surface area contributed by atoms with Crippen molar-refractivity contribution in [1.29, 1.82) is 0 Å². The molecule has 192 valence electrons.